The molecule has 0 bridgehead atoms. The number of aromatic nitrogens is 2. The largest absolute Gasteiger partial charge is 0.391 e. The average molecular weight is 438 g/mol. The van der Waals surface area contributed by atoms with Crippen molar-refractivity contribution in [3.63, 3.8) is 0 Å². The zero-order valence-corrected chi connectivity index (χ0v) is 16.9. The number of piperidine rings is 1. The van der Waals surface area contributed by atoms with Crippen molar-refractivity contribution in [3.05, 3.63) is 68.3 Å². The van der Waals surface area contributed by atoms with Crippen LogP contribution in [0.15, 0.2) is 52.1 Å². The van der Waals surface area contributed by atoms with Crippen LogP contribution in [0.5, 0.6) is 0 Å². The molecule has 0 aliphatic carbocycles. The molecule has 0 N–H and O–H groups in total. The summed E-state index contributed by atoms with van der Waals surface area (Å²) in [5, 5.41) is 0.802. The van der Waals surface area contributed by atoms with E-state index >= 15 is 0 Å². The number of fused-ring (bicyclic) bond motifs is 1. The lowest BCUT2D eigenvalue weighted by atomic mass is 9.96. The molecule has 9 heteroatoms. The van der Waals surface area contributed by atoms with Crippen LogP contribution < -0.4 is 16.1 Å². The Hall–Kier alpha value is -2.74. The molecule has 2 heterocycles. The predicted molar refractivity (Wildman–Crippen MR) is 111 cm³/mol. The summed E-state index contributed by atoms with van der Waals surface area (Å²) in [5.41, 5.74) is 0.546. The van der Waals surface area contributed by atoms with Crippen molar-refractivity contribution >= 4 is 28.2 Å². The molecule has 158 valence electrons. The molecule has 1 saturated heterocycles. The lowest BCUT2D eigenvalue weighted by Crippen LogP contribution is -2.39. The monoisotopic (exact) mass is 437 g/mol. The van der Waals surface area contributed by atoms with Crippen molar-refractivity contribution in [2.75, 3.05) is 18.0 Å². The summed E-state index contributed by atoms with van der Waals surface area (Å²) in [6, 6.07) is 11.4. The topological polar surface area (TPSA) is 47.2 Å². The summed E-state index contributed by atoms with van der Waals surface area (Å²) >= 11 is 5.90. The number of alkyl halides is 3. The molecule has 0 spiro atoms. The fraction of sp³-hybridized carbons (Fsp3) is 0.333. The molecule has 0 saturated carbocycles. The number of nitrogens with zero attached hydrogens (tertiary/aromatic N) is 3. The molecule has 1 fully saturated rings. The number of aryl methyl sites for hydroxylation is 1. The minimum Gasteiger partial charge on any atom is -0.371 e. The summed E-state index contributed by atoms with van der Waals surface area (Å²) in [7, 11) is 1.57. The average Bonchev–Trinajstić information content (AvgIpc) is 2.73. The van der Waals surface area contributed by atoms with Gasteiger partial charge >= 0.3 is 11.9 Å². The van der Waals surface area contributed by atoms with Crippen LogP contribution in [0.2, 0.25) is 5.02 Å². The number of anilines is 1. The molecular weight excluding hydrogens is 419 g/mol. The van der Waals surface area contributed by atoms with Gasteiger partial charge in [-0.3, -0.25) is 9.36 Å². The fourth-order valence-electron chi connectivity index (χ4n) is 3.93. The summed E-state index contributed by atoms with van der Waals surface area (Å²) in [4.78, 5) is 27.8. The molecule has 0 amide bonds. The molecule has 0 unspecified atom stereocenters. The van der Waals surface area contributed by atoms with Crippen LogP contribution in [-0.2, 0) is 7.05 Å². The molecule has 4 rings (SSSR count). The van der Waals surface area contributed by atoms with E-state index in [1.165, 1.54) is 4.57 Å². The summed E-state index contributed by atoms with van der Waals surface area (Å²) < 4.78 is 41.3. The predicted octanol–water partition coefficient (Wildman–Crippen LogP) is 4.12. The second-order valence-corrected chi connectivity index (χ2v) is 7.90. The van der Waals surface area contributed by atoms with Crippen molar-refractivity contribution in [3.8, 4) is 5.69 Å². The van der Waals surface area contributed by atoms with Crippen molar-refractivity contribution in [1.29, 1.82) is 0 Å². The van der Waals surface area contributed by atoms with Crippen LogP contribution in [-0.4, -0.2) is 28.4 Å². The molecule has 1 aromatic heterocycles. The SMILES string of the molecule is Cn1c(=O)n(-c2ccc(Cl)cc2)c(=O)c2cc(N3CCC(C(F)(F)F)CC3)ccc21. The van der Waals surface area contributed by atoms with Crippen molar-refractivity contribution in [1.82, 2.24) is 9.13 Å². The number of hydrogen-bond acceptors (Lipinski definition) is 3. The number of benzene rings is 2. The highest BCUT2D eigenvalue weighted by atomic mass is 35.5. The molecule has 1 aliphatic heterocycles. The van der Waals surface area contributed by atoms with E-state index in [2.05, 4.69) is 0 Å². The van der Waals surface area contributed by atoms with Gasteiger partial charge in [0.05, 0.1) is 22.5 Å². The third kappa shape index (κ3) is 3.60. The van der Waals surface area contributed by atoms with E-state index in [1.807, 2.05) is 4.90 Å². The van der Waals surface area contributed by atoms with Crippen molar-refractivity contribution in [2.45, 2.75) is 19.0 Å². The number of halogens is 4. The Labute approximate surface area is 174 Å². The van der Waals surface area contributed by atoms with Gasteiger partial charge in [-0.2, -0.15) is 13.2 Å². The van der Waals surface area contributed by atoms with Crippen LogP contribution in [0, 0.1) is 5.92 Å². The van der Waals surface area contributed by atoms with Crippen LogP contribution >= 0.6 is 11.6 Å². The second kappa shape index (κ2) is 7.50. The van der Waals surface area contributed by atoms with E-state index in [1.54, 1.807) is 49.5 Å². The van der Waals surface area contributed by atoms with Crippen molar-refractivity contribution < 1.29 is 13.2 Å². The number of hydrogen-bond donors (Lipinski definition) is 0. The zero-order valence-electron chi connectivity index (χ0n) is 16.1. The first kappa shape index (κ1) is 20.5. The van der Waals surface area contributed by atoms with Gasteiger partial charge in [-0.25, -0.2) is 9.36 Å². The van der Waals surface area contributed by atoms with Gasteiger partial charge in [0.2, 0.25) is 0 Å². The van der Waals surface area contributed by atoms with Crippen LogP contribution in [0.1, 0.15) is 12.8 Å². The first-order valence-electron chi connectivity index (χ1n) is 9.50. The van der Waals surface area contributed by atoms with Gasteiger partial charge in [0.15, 0.2) is 0 Å². The Kier molecular flexibility index (Phi) is 5.13. The highest BCUT2D eigenvalue weighted by Gasteiger charge is 2.41. The highest BCUT2D eigenvalue weighted by Crippen LogP contribution is 2.35. The fourth-order valence-corrected chi connectivity index (χ4v) is 4.05. The zero-order chi connectivity index (χ0) is 21.6. The smallest absolute Gasteiger partial charge is 0.371 e. The van der Waals surface area contributed by atoms with Gasteiger partial charge in [-0.15, -0.1) is 0 Å². The second-order valence-electron chi connectivity index (χ2n) is 7.46. The minimum atomic E-state index is -4.18. The third-order valence-electron chi connectivity index (χ3n) is 5.66. The Balaban J connectivity index is 1.77. The molecule has 2 aromatic carbocycles. The van der Waals surface area contributed by atoms with E-state index < -0.39 is 23.3 Å². The molecule has 30 heavy (non-hydrogen) atoms. The van der Waals surface area contributed by atoms with Crippen molar-refractivity contribution in [2.24, 2.45) is 13.0 Å². The molecular formula is C21H19ClF3N3O2. The van der Waals surface area contributed by atoms with E-state index in [-0.39, 0.29) is 25.9 Å². The van der Waals surface area contributed by atoms with Gasteiger partial charge in [0, 0.05) is 30.8 Å². The van der Waals surface area contributed by atoms with Gasteiger partial charge in [-0.05, 0) is 55.3 Å². The minimum absolute atomic E-state index is 0.0177. The quantitative estimate of drug-likeness (QED) is 0.606. The lowest BCUT2D eigenvalue weighted by molar-refractivity contribution is -0.179. The normalized spacial score (nSPS) is 15.7. The first-order valence-corrected chi connectivity index (χ1v) is 9.88. The summed E-state index contributed by atoms with van der Waals surface area (Å²) in [6.45, 7) is 0.514. The highest BCUT2D eigenvalue weighted by molar-refractivity contribution is 6.30. The van der Waals surface area contributed by atoms with Crippen LogP contribution in [0.25, 0.3) is 16.6 Å². The molecule has 0 radical (unpaired) electrons. The lowest BCUT2D eigenvalue weighted by Gasteiger charge is -2.34. The maximum absolute atomic E-state index is 13.2. The summed E-state index contributed by atoms with van der Waals surface area (Å²) in [6.07, 6.45) is -4.15. The van der Waals surface area contributed by atoms with E-state index in [9.17, 15) is 22.8 Å². The van der Waals surface area contributed by atoms with E-state index in [0.717, 1.165) is 4.57 Å². The third-order valence-corrected chi connectivity index (χ3v) is 5.91. The molecule has 1 aliphatic rings. The standard InChI is InChI=1S/C21H19ClF3N3O2/c1-26-18-7-6-16(27-10-8-13(9-11-27)21(23,24)25)12-17(18)19(29)28(20(26)30)15-4-2-14(22)3-5-15/h2-7,12-13H,8-11H2,1H3. The Bertz CT molecular complexity index is 1210. The molecule has 0 atom stereocenters. The molecule has 5 nitrogen and oxygen atoms in total. The Morgan fingerprint density at radius 3 is 2.17 bits per heavy atom. The maximum atomic E-state index is 13.2. The van der Waals surface area contributed by atoms with Gasteiger partial charge in [0.1, 0.15) is 0 Å². The number of rotatable bonds is 2. The van der Waals surface area contributed by atoms with E-state index in [4.69, 9.17) is 11.6 Å². The van der Waals surface area contributed by atoms with Gasteiger partial charge in [0.25, 0.3) is 5.56 Å². The Morgan fingerprint density at radius 1 is 0.967 bits per heavy atom. The maximum Gasteiger partial charge on any atom is 0.391 e. The van der Waals surface area contributed by atoms with Gasteiger partial charge in [-0.1, -0.05) is 11.6 Å². The van der Waals surface area contributed by atoms with E-state index in [0.29, 0.717) is 27.3 Å². The first-order chi connectivity index (χ1) is 14.2. The van der Waals surface area contributed by atoms with Crippen LogP contribution in [0.3, 0.4) is 0 Å². The molecule has 3 aromatic rings. The Morgan fingerprint density at radius 2 is 1.57 bits per heavy atom. The van der Waals surface area contributed by atoms with Crippen LogP contribution in [0.4, 0.5) is 18.9 Å². The van der Waals surface area contributed by atoms with Gasteiger partial charge < -0.3 is 4.90 Å². The summed E-state index contributed by atoms with van der Waals surface area (Å²) in [5.74, 6) is -1.29.